The second kappa shape index (κ2) is 4.43. The average molecular weight is 251 g/mol. The zero-order chi connectivity index (χ0) is 13.4. The largest absolute Gasteiger partial charge is 0.395 e. The molecule has 3 heteroatoms. The van der Waals surface area contributed by atoms with Gasteiger partial charge in [-0.1, -0.05) is 29.8 Å². The molecule has 0 bridgehead atoms. The highest BCUT2D eigenvalue weighted by Crippen LogP contribution is 2.19. The van der Waals surface area contributed by atoms with Crippen molar-refractivity contribution >= 4 is 11.3 Å². The molecule has 3 aromatic rings. The molecule has 2 N–H and O–H groups in total. The summed E-state index contributed by atoms with van der Waals surface area (Å²) in [5, 5.41) is 0. The van der Waals surface area contributed by atoms with Gasteiger partial charge in [-0.05, 0) is 31.0 Å². The number of hydrogen-bond donors (Lipinski definition) is 1. The third kappa shape index (κ3) is 2.19. The highest BCUT2D eigenvalue weighted by Gasteiger charge is 2.07. The maximum absolute atomic E-state index is 6.07. The minimum Gasteiger partial charge on any atom is -0.395 e. The summed E-state index contributed by atoms with van der Waals surface area (Å²) in [6.07, 6.45) is 4.89. The van der Waals surface area contributed by atoms with Crippen LogP contribution in [0.25, 0.3) is 5.65 Å². The third-order valence-electron chi connectivity index (χ3n) is 3.40. The predicted molar refractivity (Wildman–Crippen MR) is 78.3 cm³/mol. The van der Waals surface area contributed by atoms with Crippen LogP contribution in [0.15, 0.2) is 42.7 Å². The SMILES string of the molecule is Cc1cccc(Cc2cn3ccc(C)c(N)c3n2)c1. The molecule has 3 nitrogen and oxygen atoms in total. The van der Waals surface area contributed by atoms with Gasteiger partial charge in [0.25, 0.3) is 0 Å². The number of nitrogen functional groups attached to an aromatic ring is 1. The summed E-state index contributed by atoms with van der Waals surface area (Å²) in [4.78, 5) is 4.64. The quantitative estimate of drug-likeness (QED) is 0.760. The first kappa shape index (κ1) is 11.8. The van der Waals surface area contributed by atoms with E-state index in [1.807, 2.05) is 29.8 Å². The summed E-state index contributed by atoms with van der Waals surface area (Å²) in [6, 6.07) is 10.5. The fourth-order valence-corrected chi connectivity index (χ4v) is 2.33. The number of imidazole rings is 1. The predicted octanol–water partition coefficient (Wildman–Crippen LogP) is 3.12. The van der Waals surface area contributed by atoms with E-state index in [2.05, 4.69) is 36.2 Å². The van der Waals surface area contributed by atoms with Crippen molar-refractivity contribution in [1.29, 1.82) is 0 Å². The molecule has 0 aliphatic rings. The lowest BCUT2D eigenvalue weighted by Gasteiger charge is -2.00. The molecule has 0 unspecified atom stereocenters. The Morgan fingerprint density at radius 3 is 2.84 bits per heavy atom. The third-order valence-corrected chi connectivity index (χ3v) is 3.40. The van der Waals surface area contributed by atoms with Crippen LogP contribution >= 0.6 is 0 Å². The van der Waals surface area contributed by atoms with Gasteiger partial charge in [-0.25, -0.2) is 4.98 Å². The number of nitrogens with two attached hydrogens (primary N) is 1. The molecule has 0 atom stereocenters. The number of aryl methyl sites for hydroxylation is 2. The Morgan fingerprint density at radius 1 is 1.21 bits per heavy atom. The summed E-state index contributed by atoms with van der Waals surface area (Å²) in [5.41, 5.74) is 12.3. The van der Waals surface area contributed by atoms with Crippen molar-refractivity contribution in [2.45, 2.75) is 20.3 Å². The van der Waals surface area contributed by atoms with Crippen molar-refractivity contribution < 1.29 is 0 Å². The number of fused-ring (bicyclic) bond motifs is 1. The van der Waals surface area contributed by atoms with Crippen molar-refractivity contribution in [3.05, 3.63) is 65.1 Å². The Morgan fingerprint density at radius 2 is 2.05 bits per heavy atom. The average Bonchev–Trinajstić information content (AvgIpc) is 2.77. The lowest BCUT2D eigenvalue weighted by atomic mass is 10.1. The molecule has 3 rings (SSSR count). The zero-order valence-electron chi connectivity index (χ0n) is 11.2. The van der Waals surface area contributed by atoms with Crippen molar-refractivity contribution in [2.24, 2.45) is 0 Å². The van der Waals surface area contributed by atoms with Crippen LogP contribution in [0.4, 0.5) is 5.69 Å². The van der Waals surface area contributed by atoms with E-state index in [1.54, 1.807) is 0 Å². The molecule has 0 spiro atoms. The number of anilines is 1. The van der Waals surface area contributed by atoms with E-state index in [0.717, 1.165) is 29.0 Å². The number of hydrogen-bond acceptors (Lipinski definition) is 2. The van der Waals surface area contributed by atoms with Crippen molar-refractivity contribution in [3.8, 4) is 0 Å². The molecule has 0 aliphatic carbocycles. The molecular weight excluding hydrogens is 234 g/mol. The minimum absolute atomic E-state index is 0.762. The summed E-state index contributed by atoms with van der Waals surface area (Å²) < 4.78 is 1.99. The molecule has 2 heterocycles. The highest BCUT2D eigenvalue weighted by molar-refractivity contribution is 5.68. The summed E-state index contributed by atoms with van der Waals surface area (Å²) in [6.45, 7) is 4.11. The van der Waals surface area contributed by atoms with E-state index in [1.165, 1.54) is 11.1 Å². The van der Waals surface area contributed by atoms with Gasteiger partial charge in [0.15, 0.2) is 5.65 Å². The second-order valence-corrected chi connectivity index (χ2v) is 5.04. The minimum atomic E-state index is 0.762. The summed E-state index contributed by atoms with van der Waals surface area (Å²) in [7, 11) is 0. The lowest BCUT2D eigenvalue weighted by molar-refractivity contribution is 1.11. The number of aromatic nitrogens is 2. The Labute approximate surface area is 112 Å². The van der Waals surface area contributed by atoms with Crippen LogP contribution in [0.2, 0.25) is 0 Å². The van der Waals surface area contributed by atoms with Crippen LogP contribution in [-0.4, -0.2) is 9.38 Å². The number of nitrogens with zero attached hydrogens (tertiary/aromatic N) is 2. The molecule has 0 saturated heterocycles. The normalized spacial score (nSPS) is 11.1. The van der Waals surface area contributed by atoms with Crippen LogP contribution in [0, 0.1) is 13.8 Å². The molecule has 0 radical (unpaired) electrons. The van der Waals surface area contributed by atoms with Crippen LogP contribution < -0.4 is 5.73 Å². The Balaban J connectivity index is 2.00. The smallest absolute Gasteiger partial charge is 0.160 e. The van der Waals surface area contributed by atoms with Crippen LogP contribution in [0.1, 0.15) is 22.4 Å². The number of rotatable bonds is 2. The fraction of sp³-hybridized carbons (Fsp3) is 0.188. The topological polar surface area (TPSA) is 43.3 Å². The van der Waals surface area contributed by atoms with E-state index in [9.17, 15) is 0 Å². The van der Waals surface area contributed by atoms with Crippen LogP contribution in [0.3, 0.4) is 0 Å². The maximum Gasteiger partial charge on any atom is 0.160 e. The Kier molecular flexibility index (Phi) is 2.75. The molecular formula is C16H17N3. The van der Waals surface area contributed by atoms with Gasteiger partial charge in [0, 0.05) is 18.8 Å². The highest BCUT2D eigenvalue weighted by atomic mass is 15.0. The van der Waals surface area contributed by atoms with Gasteiger partial charge in [0.05, 0.1) is 11.4 Å². The Hall–Kier alpha value is -2.29. The Bertz CT molecular complexity index is 741. The molecule has 19 heavy (non-hydrogen) atoms. The number of benzene rings is 1. The summed E-state index contributed by atoms with van der Waals surface area (Å²) in [5.74, 6) is 0. The van der Waals surface area contributed by atoms with E-state index in [-0.39, 0.29) is 0 Å². The van der Waals surface area contributed by atoms with E-state index < -0.39 is 0 Å². The zero-order valence-corrected chi connectivity index (χ0v) is 11.2. The first-order valence-electron chi connectivity index (χ1n) is 6.42. The molecule has 96 valence electrons. The molecule has 0 amide bonds. The van der Waals surface area contributed by atoms with Gasteiger partial charge in [0.1, 0.15) is 0 Å². The van der Waals surface area contributed by atoms with Crippen molar-refractivity contribution in [1.82, 2.24) is 9.38 Å². The standard InChI is InChI=1S/C16H17N3/c1-11-4-3-5-13(8-11)9-14-10-19-7-6-12(2)15(17)16(19)18-14/h3-8,10H,9,17H2,1-2H3. The van der Waals surface area contributed by atoms with Crippen LogP contribution in [0.5, 0.6) is 0 Å². The second-order valence-electron chi connectivity index (χ2n) is 5.04. The van der Waals surface area contributed by atoms with Crippen molar-refractivity contribution in [2.75, 3.05) is 5.73 Å². The molecule has 1 aromatic carbocycles. The number of pyridine rings is 1. The fourth-order valence-electron chi connectivity index (χ4n) is 2.33. The van der Waals surface area contributed by atoms with E-state index in [4.69, 9.17) is 5.73 Å². The first-order valence-corrected chi connectivity index (χ1v) is 6.42. The lowest BCUT2D eigenvalue weighted by Crippen LogP contribution is -1.94. The molecule has 0 saturated carbocycles. The monoisotopic (exact) mass is 251 g/mol. The molecule has 0 aliphatic heterocycles. The molecule has 2 aromatic heterocycles. The molecule has 0 fully saturated rings. The van der Waals surface area contributed by atoms with Gasteiger partial charge in [-0.15, -0.1) is 0 Å². The van der Waals surface area contributed by atoms with E-state index in [0.29, 0.717) is 0 Å². The van der Waals surface area contributed by atoms with Gasteiger partial charge in [-0.3, -0.25) is 0 Å². The van der Waals surface area contributed by atoms with Gasteiger partial charge < -0.3 is 10.1 Å². The van der Waals surface area contributed by atoms with Gasteiger partial charge in [-0.2, -0.15) is 0 Å². The van der Waals surface area contributed by atoms with Crippen molar-refractivity contribution in [3.63, 3.8) is 0 Å². The maximum atomic E-state index is 6.07. The first-order chi connectivity index (χ1) is 9.13. The van der Waals surface area contributed by atoms with Crippen LogP contribution in [-0.2, 0) is 6.42 Å². The summed E-state index contributed by atoms with van der Waals surface area (Å²) >= 11 is 0. The van der Waals surface area contributed by atoms with Gasteiger partial charge in [0.2, 0.25) is 0 Å². The van der Waals surface area contributed by atoms with Gasteiger partial charge >= 0.3 is 0 Å². The van der Waals surface area contributed by atoms with E-state index >= 15 is 0 Å².